The molecule has 7 nitrogen and oxygen atoms in total. The number of nitrogens with one attached hydrogen (secondary N) is 1. The summed E-state index contributed by atoms with van der Waals surface area (Å²) in [6.45, 7) is -0.298. The number of β-lactam (4-membered cyclic amide) rings is 1. The van der Waals surface area contributed by atoms with Crippen LogP contribution in [0.2, 0.25) is 5.02 Å². The van der Waals surface area contributed by atoms with Crippen molar-refractivity contribution in [2.45, 2.75) is 11.4 Å². The molecule has 0 bridgehead atoms. The first-order valence-electron chi connectivity index (χ1n) is 8.25. The Morgan fingerprint density at radius 2 is 1.82 bits per heavy atom. The second-order valence-corrected chi connectivity index (χ2v) is 6.76. The average Bonchev–Trinajstić information content (AvgIpc) is 2.72. The number of hydrogen-bond donors (Lipinski definition) is 1. The molecule has 0 saturated carbocycles. The first kappa shape index (κ1) is 20.0. The highest BCUT2D eigenvalue weighted by atomic mass is 35.5. The van der Waals surface area contributed by atoms with Crippen molar-refractivity contribution in [3.63, 3.8) is 0 Å². The smallest absolute Gasteiger partial charge is 0.343 e. The van der Waals surface area contributed by atoms with Crippen molar-refractivity contribution in [3.05, 3.63) is 64.7 Å². The van der Waals surface area contributed by atoms with E-state index in [0.717, 1.165) is 5.01 Å². The van der Waals surface area contributed by atoms with Crippen LogP contribution < -0.4 is 10.2 Å². The third kappa shape index (κ3) is 3.90. The number of hydrogen-bond acceptors (Lipinski definition) is 5. The van der Waals surface area contributed by atoms with Crippen LogP contribution in [0.15, 0.2) is 48.5 Å². The molecule has 9 heteroatoms. The first-order valence-corrected chi connectivity index (χ1v) is 9.06. The molecule has 2 amide bonds. The van der Waals surface area contributed by atoms with E-state index in [-0.39, 0.29) is 17.2 Å². The van der Waals surface area contributed by atoms with E-state index in [1.165, 1.54) is 7.11 Å². The summed E-state index contributed by atoms with van der Waals surface area (Å²) in [6, 6.07) is 12.6. The van der Waals surface area contributed by atoms with Crippen molar-refractivity contribution in [1.29, 1.82) is 0 Å². The lowest BCUT2D eigenvalue weighted by Crippen LogP contribution is -2.63. The van der Waals surface area contributed by atoms with Crippen LogP contribution in [0, 0.1) is 0 Å². The summed E-state index contributed by atoms with van der Waals surface area (Å²) in [5, 5.41) is 0.493. The largest absolute Gasteiger partial charge is 0.482 e. The molecule has 0 aliphatic carbocycles. The van der Waals surface area contributed by atoms with Crippen LogP contribution in [-0.2, 0) is 14.3 Å². The molecule has 2 aromatic rings. The van der Waals surface area contributed by atoms with Gasteiger partial charge in [-0.05, 0) is 18.2 Å². The molecule has 1 aliphatic rings. The minimum Gasteiger partial charge on any atom is -0.482 e. The van der Waals surface area contributed by atoms with Gasteiger partial charge in [0.05, 0.1) is 17.7 Å². The molecule has 1 heterocycles. The van der Waals surface area contributed by atoms with Crippen LogP contribution in [0.3, 0.4) is 0 Å². The Hall–Kier alpha value is -2.77. The Balaban J connectivity index is 1.81. The van der Waals surface area contributed by atoms with E-state index >= 15 is 0 Å². The van der Waals surface area contributed by atoms with Crippen LogP contribution in [0.1, 0.15) is 22.0 Å². The van der Waals surface area contributed by atoms with E-state index in [0.29, 0.717) is 11.3 Å². The summed E-state index contributed by atoms with van der Waals surface area (Å²) in [4.78, 5) is 36.1. The molecule has 1 saturated heterocycles. The number of halogens is 2. The zero-order valence-corrected chi connectivity index (χ0v) is 16.2. The highest BCUT2D eigenvalue weighted by molar-refractivity contribution is 6.34. The zero-order chi connectivity index (χ0) is 20.3. The molecule has 1 aliphatic heterocycles. The number of amides is 2. The van der Waals surface area contributed by atoms with Gasteiger partial charge in [0.25, 0.3) is 11.8 Å². The summed E-state index contributed by atoms with van der Waals surface area (Å²) in [6.07, 6.45) is 0. The number of methoxy groups -OCH3 is 1. The molecular formula is C19H16Cl2N2O5. The van der Waals surface area contributed by atoms with Gasteiger partial charge in [0.2, 0.25) is 0 Å². The Morgan fingerprint density at radius 3 is 2.54 bits per heavy atom. The maximum absolute atomic E-state index is 12.5. The fraction of sp³-hybridized carbons (Fsp3) is 0.211. The summed E-state index contributed by atoms with van der Waals surface area (Å²) < 4.78 is 10.0. The number of carbonyl (C=O) groups is 3. The van der Waals surface area contributed by atoms with Gasteiger partial charge >= 0.3 is 5.97 Å². The summed E-state index contributed by atoms with van der Waals surface area (Å²) in [5.41, 5.74) is 3.31. The second kappa shape index (κ2) is 8.50. The van der Waals surface area contributed by atoms with E-state index in [1.54, 1.807) is 48.5 Å². The topological polar surface area (TPSA) is 84.9 Å². The lowest BCUT2D eigenvalue weighted by molar-refractivity contribution is -0.150. The predicted molar refractivity (Wildman–Crippen MR) is 102 cm³/mol. The van der Waals surface area contributed by atoms with E-state index < -0.39 is 29.2 Å². The number of para-hydroxylation sites is 1. The predicted octanol–water partition coefficient (Wildman–Crippen LogP) is 2.73. The van der Waals surface area contributed by atoms with Crippen molar-refractivity contribution in [3.8, 4) is 5.75 Å². The van der Waals surface area contributed by atoms with Gasteiger partial charge in [-0.25, -0.2) is 9.80 Å². The lowest BCUT2D eigenvalue weighted by Gasteiger charge is -2.44. The molecule has 1 fully saturated rings. The van der Waals surface area contributed by atoms with Crippen molar-refractivity contribution in [1.82, 2.24) is 10.4 Å². The summed E-state index contributed by atoms with van der Waals surface area (Å²) in [5.74, 6) is -1.20. The number of alkyl halides is 1. The van der Waals surface area contributed by atoms with Gasteiger partial charge in [-0.1, -0.05) is 41.9 Å². The Kier molecular flexibility index (Phi) is 6.06. The normalized spacial score (nSPS) is 18.2. The molecule has 3 rings (SSSR count). The van der Waals surface area contributed by atoms with Crippen molar-refractivity contribution >= 4 is 41.0 Å². The summed E-state index contributed by atoms with van der Waals surface area (Å²) >= 11 is 12.2. The van der Waals surface area contributed by atoms with Crippen molar-refractivity contribution < 1.29 is 23.9 Å². The zero-order valence-electron chi connectivity index (χ0n) is 14.7. The third-order valence-electron chi connectivity index (χ3n) is 4.18. The van der Waals surface area contributed by atoms with Crippen molar-refractivity contribution in [2.24, 2.45) is 0 Å². The van der Waals surface area contributed by atoms with E-state index in [1.807, 2.05) is 0 Å². The highest BCUT2D eigenvalue weighted by Gasteiger charge is 2.49. The van der Waals surface area contributed by atoms with Crippen LogP contribution >= 0.6 is 23.2 Å². The lowest BCUT2D eigenvalue weighted by atomic mass is 9.94. The van der Waals surface area contributed by atoms with Gasteiger partial charge in [0.1, 0.15) is 17.2 Å². The van der Waals surface area contributed by atoms with Gasteiger partial charge in [-0.2, -0.15) is 0 Å². The molecule has 0 aromatic heterocycles. The van der Waals surface area contributed by atoms with Crippen LogP contribution in [-0.4, -0.2) is 41.9 Å². The quantitative estimate of drug-likeness (QED) is 0.439. The fourth-order valence-electron chi connectivity index (χ4n) is 2.74. The van der Waals surface area contributed by atoms with Gasteiger partial charge in [0, 0.05) is 5.56 Å². The minimum atomic E-state index is -0.894. The number of esters is 1. The van der Waals surface area contributed by atoms with Gasteiger partial charge in [0.15, 0.2) is 6.61 Å². The van der Waals surface area contributed by atoms with Gasteiger partial charge in [-0.3, -0.25) is 15.0 Å². The Morgan fingerprint density at radius 1 is 1.14 bits per heavy atom. The highest BCUT2D eigenvalue weighted by Crippen LogP contribution is 2.41. The standard InChI is InChI=1S/C19H16Cl2N2O5/c1-27-15(24)10-28-14-9-5-3-7-12(14)17-16(21)19(26)23(17)22-18(25)11-6-2-4-8-13(11)20/h2-9,16-17H,10H2,1H3,(H,22,25). The van der Waals surface area contributed by atoms with Gasteiger partial charge in [-0.15, -0.1) is 11.6 Å². The number of nitrogens with zero attached hydrogens (tertiary/aromatic N) is 1. The van der Waals surface area contributed by atoms with Crippen molar-refractivity contribution in [2.75, 3.05) is 13.7 Å². The molecular weight excluding hydrogens is 407 g/mol. The molecule has 1 N–H and O–H groups in total. The fourth-order valence-corrected chi connectivity index (χ4v) is 3.32. The van der Waals surface area contributed by atoms with E-state index in [9.17, 15) is 14.4 Å². The average molecular weight is 423 g/mol. The van der Waals surface area contributed by atoms with Crippen LogP contribution in [0.25, 0.3) is 0 Å². The third-order valence-corrected chi connectivity index (χ3v) is 4.93. The molecule has 0 radical (unpaired) electrons. The number of hydrazine groups is 1. The molecule has 2 atom stereocenters. The molecule has 28 heavy (non-hydrogen) atoms. The molecule has 146 valence electrons. The Bertz CT molecular complexity index is 921. The SMILES string of the molecule is COC(=O)COc1ccccc1C1C(Cl)C(=O)N1NC(=O)c1ccccc1Cl. The first-order chi connectivity index (χ1) is 13.4. The van der Waals surface area contributed by atoms with E-state index in [4.69, 9.17) is 27.9 Å². The number of benzene rings is 2. The minimum absolute atomic E-state index is 0.226. The maximum atomic E-state index is 12.5. The van der Waals surface area contributed by atoms with E-state index in [2.05, 4.69) is 10.2 Å². The monoisotopic (exact) mass is 422 g/mol. The Labute approximate surface area is 171 Å². The molecule has 0 spiro atoms. The number of carbonyl (C=O) groups excluding carboxylic acids is 3. The molecule has 2 aromatic carbocycles. The maximum Gasteiger partial charge on any atom is 0.343 e. The molecule has 2 unspecified atom stereocenters. The summed E-state index contributed by atoms with van der Waals surface area (Å²) in [7, 11) is 1.25. The van der Waals surface area contributed by atoms with Crippen LogP contribution in [0.5, 0.6) is 5.75 Å². The van der Waals surface area contributed by atoms with Crippen LogP contribution in [0.4, 0.5) is 0 Å². The van der Waals surface area contributed by atoms with Gasteiger partial charge < -0.3 is 9.47 Å². The number of rotatable bonds is 6. The number of ether oxygens (including phenoxy) is 2. The second-order valence-electron chi connectivity index (χ2n) is 5.88.